The van der Waals surface area contributed by atoms with Gasteiger partial charge in [0.05, 0.1) is 0 Å². The molecule has 0 aliphatic rings. The van der Waals surface area contributed by atoms with Gasteiger partial charge in [0.1, 0.15) is 0 Å². The SMILES string of the molecule is CC(Cl)CNC(=O)c1cc(Br)cc(Br)c1. The van der Waals surface area contributed by atoms with Gasteiger partial charge >= 0.3 is 0 Å². The minimum atomic E-state index is -0.121. The number of carbonyl (C=O) groups excluding carboxylic acids is 1. The van der Waals surface area contributed by atoms with Crippen LogP contribution in [0.4, 0.5) is 0 Å². The number of amides is 1. The van der Waals surface area contributed by atoms with E-state index in [4.69, 9.17) is 11.6 Å². The highest BCUT2D eigenvalue weighted by Crippen LogP contribution is 2.19. The first kappa shape index (κ1) is 13.0. The van der Waals surface area contributed by atoms with Crippen molar-refractivity contribution in [1.82, 2.24) is 5.32 Å². The average molecular weight is 355 g/mol. The van der Waals surface area contributed by atoms with Crippen LogP contribution in [0.1, 0.15) is 17.3 Å². The van der Waals surface area contributed by atoms with Crippen molar-refractivity contribution in [2.24, 2.45) is 0 Å². The summed E-state index contributed by atoms with van der Waals surface area (Å²) in [5, 5.41) is 2.68. The lowest BCUT2D eigenvalue weighted by Crippen LogP contribution is -2.28. The fourth-order valence-electron chi connectivity index (χ4n) is 1.02. The molecule has 0 heterocycles. The van der Waals surface area contributed by atoms with E-state index in [9.17, 15) is 4.79 Å². The molecule has 0 saturated carbocycles. The van der Waals surface area contributed by atoms with Crippen LogP contribution in [0.25, 0.3) is 0 Å². The highest BCUT2D eigenvalue weighted by atomic mass is 79.9. The van der Waals surface area contributed by atoms with Gasteiger partial charge in [0.2, 0.25) is 0 Å². The Bertz CT molecular complexity index is 348. The Hall–Kier alpha value is -0.0600. The Balaban J connectivity index is 2.73. The average Bonchev–Trinajstić information content (AvgIpc) is 2.12. The monoisotopic (exact) mass is 353 g/mol. The Kier molecular flexibility index (Phi) is 5.09. The van der Waals surface area contributed by atoms with E-state index in [1.807, 2.05) is 13.0 Å². The molecule has 0 spiro atoms. The summed E-state index contributed by atoms with van der Waals surface area (Å²) in [5.41, 5.74) is 0.605. The molecule has 5 heteroatoms. The molecule has 0 aromatic heterocycles. The molecule has 1 aromatic carbocycles. The van der Waals surface area contributed by atoms with E-state index in [1.165, 1.54) is 0 Å². The van der Waals surface area contributed by atoms with Crippen molar-refractivity contribution in [3.8, 4) is 0 Å². The molecule has 0 aliphatic heterocycles. The number of carbonyl (C=O) groups is 1. The van der Waals surface area contributed by atoms with Crippen molar-refractivity contribution in [2.75, 3.05) is 6.54 Å². The Morgan fingerprint density at radius 1 is 1.40 bits per heavy atom. The van der Waals surface area contributed by atoms with Crippen LogP contribution >= 0.6 is 43.5 Å². The van der Waals surface area contributed by atoms with Gasteiger partial charge in [-0.3, -0.25) is 4.79 Å². The molecule has 0 bridgehead atoms. The van der Waals surface area contributed by atoms with E-state index in [0.29, 0.717) is 12.1 Å². The highest BCUT2D eigenvalue weighted by Gasteiger charge is 2.07. The Morgan fingerprint density at radius 2 is 1.93 bits per heavy atom. The lowest BCUT2D eigenvalue weighted by molar-refractivity contribution is 0.0954. The topological polar surface area (TPSA) is 29.1 Å². The van der Waals surface area contributed by atoms with Crippen LogP contribution in [0.2, 0.25) is 0 Å². The van der Waals surface area contributed by atoms with Crippen LogP contribution in [-0.2, 0) is 0 Å². The zero-order valence-corrected chi connectivity index (χ0v) is 12.0. The quantitative estimate of drug-likeness (QED) is 0.825. The van der Waals surface area contributed by atoms with E-state index in [-0.39, 0.29) is 11.3 Å². The number of benzene rings is 1. The van der Waals surface area contributed by atoms with Crippen molar-refractivity contribution in [3.63, 3.8) is 0 Å². The predicted octanol–water partition coefficient (Wildman–Crippen LogP) is 3.57. The maximum Gasteiger partial charge on any atom is 0.251 e. The van der Waals surface area contributed by atoms with Crippen LogP contribution in [0.15, 0.2) is 27.1 Å². The molecule has 15 heavy (non-hydrogen) atoms. The van der Waals surface area contributed by atoms with E-state index in [2.05, 4.69) is 37.2 Å². The van der Waals surface area contributed by atoms with Crippen LogP contribution < -0.4 is 5.32 Å². The van der Waals surface area contributed by atoms with E-state index in [1.54, 1.807) is 12.1 Å². The zero-order chi connectivity index (χ0) is 11.4. The van der Waals surface area contributed by atoms with Crippen LogP contribution in [0, 0.1) is 0 Å². The third kappa shape index (κ3) is 4.53. The third-order valence-corrected chi connectivity index (χ3v) is 2.74. The molecule has 1 amide bonds. The van der Waals surface area contributed by atoms with Crippen molar-refractivity contribution < 1.29 is 4.79 Å². The van der Waals surface area contributed by atoms with Gasteiger partial charge in [-0.15, -0.1) is 11.6 Å². The molecule has 0 radical (unpaired) electrons. The molecule has 0 fully saturated rings. The van der Waals surface area contributed by atoms with Gasteiger partial charge in [0.15, 0.2) is 0 Å². The summed E-state index contributed by atoms with van der Waals surface area (Å²) in [6.07, 6.45) is 0. The van der Waals surface area contributed by atoms with Gasteiger partial charge in [-0.05, 0) is 25.1 Å². The molecular weight excluding hydrogens is 345 g/mol. The molecule has 1 N–H and O–H groups in total. The Morgan fingerprint density at radius 3 is 2.40 bits per heavy atom. The fourth-order valence-corrected chi connectivity index (χ4v) is 2.39. The summed E-state index contributed by atoms with van der Waals surface area (Å²) in [4.78, 5) is 11.6. The molecule has 82 valence electrons. The van der Waals surface area contributed by atoms with E-state index < -0.39 is 0 Å². The van der Waals surface area contributed by atoms with E-state index >= 15 is 0 Å². The predicted molar refractivity (Wildman–Crippen MR) is 69.5 cm³/mol. The lowest BCUT2D eigenvalue weighted by atomic mass is 10.2. The molecule has 2 nitrogen and oxygen atoms in total. The van der Waals surface area contributed by atoms with Gasteiger partial charge in [-0.25, -0.2) is 0 Å². The summed E-state index contributed by atoms with van der Waals surface area (Å²) in [6.45, 7) is 2.29. The smallest absolute Gasteiger partial charge is 0.251 e. The second-order valence-electron chi connectivity index (χ2n) is 3.15. The van der Waals surface area contributed by atoms with Gasteiger partial charge in [0.25, 0.3) is 5.91 Å². The summed E-state index contributed by atoms with van der Waals surface area (Å²) < 4.78 is 1.72. The van der Waals surface area contributed by atoms with Gasteiger partial charge in [-0.1, -0.05) is 31.9 Å². The first-order chi connectivity index (χ1) is 6.99. The zero-order valence-electron chi connectivity index (χ0n) is 8.06. The number of alkyl halides is 1. The molecule has 1 atom stereocenters. The second-order valence-corrected chi connectivity index (χ2v) is 5.73. The standard InChI is InChI=1S/C10H10Br2ClNO/c1-6(13)5-14-10(15)7-2-8(11)4-9(12)3-7/h2-4,6H,5H2,1H3,(H,14,15). The maximum absolute atomic E-state index is 11.6. The normalized spacial score (nSPS) is 12.3. The van der Waals surface area contributed by atoms with E-state index in [0.717, 1.165) is 8.95 Å². The molecule has 0 aliphatic carbocycles. The number of rotatable bonds is 3. The summed E-state index contributed by atoms with van der Waals surface area (Å²) >= 11 is 12.4. The van der Waals surface area contributed by atoms with Crippen molar-refractivity contribution >= 4 is 49.4 Å². The lowest BCUT2D eigenvalue weighted by Gasteiger charge is -2.07. The number of hydrogen-bond acceptors (Lipinski definition) is 1. The molecular formula is C10H10Br2ClNO. The number of nitrogens with one attached hydrogen (secondary N) is 1. The third-order valence-electron chi connectivity index (χ3n) is 1.67. The first-order valence-electron chi connectivity index (χ1n) is 4.37. The fraction of sp³-hybridized carbons (Fsp3) is 0.300. The molecule has 1 unspecified atom stereocenters. The van der Waals surface area contributed by atoms with Crippen LogP contribution in [-0.4, -0.2) is 17.8 Å². The van der Waals surface area contributed by atoms with Crippen LogP contribution in [0.5, 0.6) is 0 Å². The minimum absolute atomic E-state index is 0.0652. The summed E-state index contributed by atoms with van der Waals surface area (Å²) in [6, 6.07) is 5.40. The summed E-state index contributed by atoms with van der Waals surface area (Å²) in [5.74, 6) is -0.121. The Labute approximate surface area is 111 Å². The molecule has 1 aromatic rings. The largest absolute Gasteiger partial charge is 0.351 e. The van der Waals surface area contributed by atoms with Gasteiger partial charge < -0.3 is 5.32 Å². The highest BCUT2D eigenvalue weighted by molar-refractivity contribution is 9.11. The van der Waals surface area contributed by atoms with Crippen molar-refractivity contribution in [3.05, 3.63) is 32.7 Å². The summed E-state index contributed by atoms with van der Waals surface area (Å²) in [7, 11) is 0. The first-order valence-corrected chi connectivity index (χ1v) is 6.39. The molecule has 0 saturated heterocycles. The second kappa shape index (κ2) is 5.87. The number of halogens is 3. The van der Waals surface area contributed by atoms with Crippen LogP contribution in [0.3, 0.4) is 0 Å². The van der Waals surface area contributed by atoms with Crippen molar-refractivity contribution in [1.29, 1.82) is 0 Å². The van der Waals surface area contributed by atoms with Crippen molar-refractivity contribution in [2.45, 2.75) is 12.3 Å². The minimum Gasteiger partial charge on any atom is -0.351 e. The van der Waals surface area contributed by atoms with Gasteiger partial charge in [-0.2, -0.15) is 0 Å². The number of hydrogen-bond donors (Lipinski definition) is 1. The van der Waals surface area contributed by atoms with Gasteiger partial charge in [0, 0.05) is 26.4 Å². The molecule has 1 rings (SSSR count). The maximum atomic E-state index is 11.6.